The predicted molar refractivity (Wildman–Crippen MR) is 70.1 cm³/mol. The highest BCUT2D eigenvalue weighted by Crippen LogP contribution is 2.21. The molecule has 0 saturated heterocycles. The van der Waals surface area contributed by atoms with Gasteiger partial charge in [0.1, 0.15) is 16.1 Å². The fourth-order valence-corrected chi connectivity index (χ4v) is 1.61. The third-order valence-corrected chi connectivity index (χ3v) is 2.68. The highest BCUT2D eigenvalue weighted by molar-refractivity contribution is 9.10. The Labute approximate surface area is 112 Å². The second-order valence-corrected chi connectivity index (χ2v) is 4.25. The second kappa shape index (κ2) is 5.64. The Hall–Kier alpha value is -1.88. The van der Waals surface area contributed by atoms with E-state index in [1.165, 1.54) is 6.08 Å². The molecule has 5 heteroatoms. The summed E-state index contributed by atoms with van der Waals surface area (Å²) in [5.74, 6) is 1.29. The van der Waals surface area contributed by atoms with Crippen LogP contribution in [0.3, 0.4) is 0 Å². The first-order chi connectivity index (χ1) is 8.65. The number of hydrogen-bond acceptors (Lipinski definition) is 4. The van der Waals surface area contributed by atoms with Crippen molar-refractivity contribution in [2.24, 2.45) is 0 Å². The molecule has 0 aliphatic heterocycles. The van der Waals surface area contributed by atoms with Crippen LogP contribution >= 0.6 is 15.9 Å². The molecule has 0 aliphatic carbocycles. The molecule has 0 atom stereocenters. The molecule has 2 rings (SSSR count). The monoisotopic (exact) mass is 307 g/mol. The molecule has 2 aromatic rings. The van der Waals surface area contributed by atoms with E-state index in [-0.39, 0.29) is 0 Å². The van der Waals surface area contributed by atoms with Crippen molar-refractivity contribution in [3.63, 3.8) is 0 Å². The molecule has 4 nitrogen and oxygen atoms in total. The summed E-state index contributed by atoms with van der Waals surface area (Å²) in [5.41, 5.74) is 0. The summed E-state index contributed by atoms with van der Waals surface area (Å²) in [6, 6.07) is 6.94. The van der Waals surface area contributed by atoms with Crippen LogP contribution < -0.4 is 4.74 Å². The molecule has 2 aromatic heterocycles. The van der Waals surface area contributed by atoms with Gasteiger partial charge in [-0.2, -0.15) is 0 Å². The first-order valence-corrected chi connectivity index (χ1v) is 6.01. The Bertz CT molecular complexity index is 589. The minimum Gasteiger partial charge on any atom is -0.462 e. The van der Waals surface area contributed by atoms with Crippen LogP contribution in [0.15, 0.2) is 45.6 Å². The lowest BCUT2D eigenvalue weighted by Crippen LogP contribution is -2.04. The molecule has 0 spiro atoms. The number of hydrogen-bond donors (Lipinski definition) is 0. The zero-order valence-electron chi connectivity index (χ0n) is 9.59. The van der Waals surface area contributed by atoms with Crippen LogP contribution in [0, 0.1) is 6.92 Å². The van der Waals surface area contributed by atoms with Gasteiger partial charge in [-0.3, -0.25) is 0 Å². The van der Waals surface area contributed by atoms with Crippen molar-refractivity contribution in [3.05, 3.63) is 52.7 Å². The van der Waals surface area contributed by atoms with E-state index in [1.807, 2.05) is 13.0 Å². The van der Waals surface area contributed by atoms with Crippen molar-refractivity contribution >= 4 is 28.0 Å². The highest BCUT2D eigenvalue weighted by Gasteiger charge is 2.05. The van der Waals surface area contributed by atoms with Gasteiger partial charge < -0.3 is 9.15 Å². The van der Waals surface area contributed by atoms with Crippen LogP contribution in [-0.4, -0.2) is 11.0 Å². The van der Waals surface area contributed by atoms with Crippen LogP contribution in [0.1, 0.15) is 11.5 Å². The Morgan fingerprint density at radius 3 is 2.94 bits per heavy atom. The van der Waals surface area contributed by atoms with Gasteiger partial charge in [-0.15, -0.1) is 0 Å². The third-order valence-electron chi connectivity index (χ3n) is 2.08. The third kappa shape index (κ3) is 3.30. The molecule has 0 bridgehead atoms. The quantitative estimate of drug-likeness (QED) is 0.495. The number of ether oxygens (including phenoxy) is 1. The minimum absolute atomic E-state index is 0.378. The van der Waals surface area contributed by atoms with Gasteiger partial charge in [-0.1, -0.05) is 0 Å². The van der Waals surface area contributed by atoms with Gasteiger partial charge in [0.15, 0.2) is 5.75 Å². The summed E-state index contributed by atoms with van der Waals surface area (Å²) in [6.07, 6.45) is 4.46. The van der Waals surface area contributed by atoms with E-state index in [0.29, 0.717) is 16.1 Å². The first-order valence-electron chi connectivity index (χ1n) is 5.22. The van der Waals surface area contributed by atoms with Gasteiger partial charge in [-0.25, -0.2) is 9.78 Å². The minimum atomic E-state index is -0.488. The number of aromatic nitrogens is 1. The Morgan fingerprint density at radius 2 is 2.28 bits per heavy atom. The molecule has 0 saturated carbocycles. The van der Waals surface area contributed by atoms with Crippen LogP contribution in [0.5, 0.6) is 5.75 Å². The largest absolute Gasteiger partial charge is 0.462 e. The van der Waals surface area contributed by atoms with Gasteiger partial charge in [0.25, 0.3) is 0 Å². The number of carbonyl (C=O) groups is 1. The van der Waals surface area contributed by atoms with Gasteiger partial charge in [0, 0.05) is 12.3 Å². The van der Waals surface area contributed by atoms with Crippen molar-refractivity contribution in [1.82, 2.24) is 4.98 Å². The van der Waals surface area contributed by atoms with Crippen LogP contribution in [0.25, 0.3) is 6.08 Å². The second-order valence-electron chi connectivity index (χ2n) is 3.50. The van der Waals surface area contributed by atoms with Crippen LogP contribution in [-0.2, 0) is 4.79 Å². The van der Waals surface area contributed by atoms with Crippen molar-refractivity contribution in [2.75, 3.05) is 0 Å². The zero-order chi connectivity index (χ0) is 13.0. The maximum Gasteiger partial charge on any atom is 0.336 e. The van der Waals surface area contributed by atoms with E-state index in [4.69, 9.17) is 9.15 Å². The molecular weight excluding hydrogens is 298 g/mol. The summed E-state index contributed by atoms with van der Waals surface area (Å²) in [4.78, 5) is 15.5. The number of aryl methyl sites for hydroxylation is 1. The smallest absolute Gasteiger partial charge is 0.336 e. The lowest BCUT2D eigenvalue weighted by Gasteiger charge is -2.01. The lowest BCUT2D eigenvalue weighted by molar-refractivity contribution is -0.128. The SMILES string of the molecule is Cc1ccc(/C=C/C(=O)Oc2cccnc2Br)o1. The summed E-state index contributed by atoms with van der Waals surface area (Å²) in [5, 5.41) is 0. The molecule has 18 heavy (non-hydrogen) atoms. The molecule has 0 fully saturated rings. The fraction of sp³-hybridized carbons (Fsp3) is 0.0769. The molecule has 0 radical (unpaired) electrons. The molecule has 2 heterocycles. The summed E-state index contributed by atoms with van der Waals surface area (Å²) in [7, 11) is 0. The average molecular weight is 308 g/mol. The highest BCUT2D eigenvalue weighted by atomic mass is 79.9. The summed E-state index contributed by atoms with van der Waals surface area (Å²) < 4.78 is 10.9. The van der Waals surface area contributed by atoms with E-state index >= 15 is 0 Å². The fourth-order valence-electron chi connectivity index (χ4n) is 1.28. The zero-order valence-corrected chi connectivity index (χ0v) is 11.2. The van der Waals surface area contributed by atoms with Crippen LogP contribution in [0.4, 0.5) is 0 Å². The lowest BCUT2D eigenvalue weighted by atomic mass is 10.4. The van der Waals surface area contributed by atoms with Crippen molar-refractivity contribution in [3.8, 4) is 5.75 Å². The summed E-state index contributed by atoms with van der Waals surface area (Å²) >= 11 is 3.19. The van der Waals surface area contributed by atoms with E-state index < -0.39 is 5.97 Å². The first kappa shape index (κ1) is 12.6. The maximum absolute atomic E-state index is 11.5. The number of furan rings is 1. The normalized spacial score (nSPS) is 10.8. The van der Waals surface area contributed by atoms with Crippen LogP contribution in [0.2, 0.25) is 0 Å². The number of esters is 1. The van der Waals surface area contributed by atoms with Gasteiger partial charge >= 0.3 is 5.97 Å². The Balaban J connectivity index is 2.01. The Kier molecular flexibility index (Phi) is 3.94. The van der Waals surface area contributed by atoms with Crippen molar-refractivity contribution in [1.29, 1.82) is 0 Å². The molecule has 0 amide bonds. The molecule has 0 aliphatic rings. The van der Waals surface area contributed by atoms with Crippen molar-refractivity contribution < 1.29 is 13.9 Å². The standard InChI is InChI=1S/C13H10BrNO3/c1-9-4-5-10(17-9)6-7-12(16)18-11-3-2-8-15-13(11)14/h2-8H,1H3/b7-6+. The van der Waals surface area contributed by atoms with Gasteiger partial charge in [0.2, 0.25) is 0 Å². The molecule has 92 valence electrons. The molecule has 0 unspecified atom stereocenters. The Morgan fingerprint density at radius 1 is 1.44 bits per heavy atom. The molecule has 0 aromatic carbocycles. The predicted octanol–water partition coefficient (Wildman–Crippen LogP) is 3.36. The van der Waals surface area contributed by atoms with E-state index in [0.717, 1.165) is 5.76 Å². The van der Waals surface area contributed by atoms with E-state index in [1.54, 1.807) is 30.5 Å². The number of rotatable bonds is 3. The number of pyridine rings is 1. The van der Waals surface area contributed by atoms with Gasteiger partial charge in [0.05, 0.1) is 0 Å². The molecule has 0 N–H and O–H groups in total. The topological polar surface area (TPSA) is 52.3 Å². The van der Waals surface area contributed by atoms with Crippen molar-refractivity contribution in [2.45, 2.75) is 6.92 Å². The number of halogens is 1. The molecular formula is C13H10BrNO3. The average Bonchev–Trinajstić information content (AvgIpc) is 2.76. The van der Waals surface area contributed by atoms with E-state index in [9.17, 15) is 4.79 Å². The number of nitrogens with zero attached hydrogens (tertiary/aromatic N) is 1. The number of carbonyl (C=O) groups excluding carboxylic acids is 1. The van der Waals surface area contributed by atoms with E-state index in [2.05, 4.69) is 20.9 Å². The van der Waals surface area contributed by atoms with Gasteiger partial charge in [-0.05, 0) is 53.2 Å². The summed E-state index contributed by atoms with van der Waals surface area (Å²) in [6.45, 7) is 1.84. The maximum atomic E-state index is 11.5.